The van der Waals surface area contributed by atoms with Crippen LogP contribution in [-0.2, 0) is 24.3 Å². The Hall–Kier alpha value is -3.81. The number of carbonyl (C=O) groups excluding carboxylic acids is 1. The highest BCUT2D eigenvalue weighted by Gasteiger charge is 2.17. The predicted molar refractivity (Wildman–Crippen MR) is 122 cm³/mol. The Balaban J connectivity index is 1.58. The van der Waals surface area contributed by atoms with Crippen LogP contribution >= 0.6 is 0 Å². The van der Waals surface area contributed by atoms with Gasteiger partial charge in [0.15, 0.2) is 0 Å². The zero-order chi connectivity index (χ0) is 22.7. The third kappa shape index (κ3) is 4.03. The van der Waals surface area contributed by atoms with Gasteiger partial charge in [-0.15, -0.1) is 0 Å². The minimum atomic E-state index is -0.323. The van der Waals surface area contributed by atoms with Crippen molar-refractivity contribution in [1.82, 2.24) is 19.5 Å². The van der Waals surface area contributed by atoms with Crippen LogP contribution in [0.15, 0.2) is 53.3 Å². The molecule has 0 fully saturated rings. The second-order valence-corrected chi connectivity index (χ2v) is 7.34. The zero-order valence-corrected chi connectivity index (χ0v) is 18.4. The van der Waals surface area contributed by atoms with Crippen molar-refractivity contribution in [3.05, 3.63) is 70.3 Å². The molecule has 32 heavy (non-hydrogen) atoms. The number of nitrogens with one attached hydrogen (secondary N) is 1. The number of methoxy groups -OCH3 is 1. The molecule has 8 heteroatoms. The largest absolute Gasteiger partial charge is 0.496 e. The van der Waals surface area contributed by atoms with E-state index in [1.165, 1.54) is 4.68 Å². The number of carbonyl (C=O) groups is 1. The van der Waals surface area contributed by atoms with Gasteiger partial charge in [-0.25, -0.2) is 4.68 Å². The SMILES string of the molecule is CCOc1ccc(CNC(=O)Cn2nc(CC)n3c(cc4c(OC)cccc43)c2=O)cc1. The van der Waals surface area contributed by atoms with Crippen LogP contribution in [0, 0.1) is 0 Å². The van der Waals surface area contributed by atoms with Crippen molar-refractivity contribution in [1.29, 1.82) is 0 Å². The second kappa shape index (κ2) is 9.13. The van der Waals surface area contributed by atoms with Crippen LogP contribution in [0.4, 0.5) is 0 Å². The molecule has 1 N–H and O–H groups in total. The van der Waals surface area contributed by atoms with Crippen molar-refractivity contribution in [3.63, 3.8) is 0 Å². The minimum Gasteiger partial charge on any atom is -0.496 e. The topological polar surface area (TPSA) is 86.9 Å². The molecule has 0 unspecified atom stereocenters. The molecule has 0 saturated carbocycles. The van der Waals surface area contributed by atoms with Gasteiger partial charge in [-0.3, -0.25) is 14.0 Å². The summed E-state index contributed by atoms with van der Waals surface area (Å²) >= 11 is 0. The normalized spacial score (nSPS) is 11.1. The summed E-state index contributed by atoms with van der Waals surface area (Å²) in [7, 11) is 1.60. The molecular formula is C24H26N4O4. The van der Waals surface area contributed by atoms with Crippen molar-refractivity contribution in [2.24, 2.45) is 0 Å². The maximum Gasteiger partial charge on any atom is 0.291 e. The minimum absolute atomic E-state index is 0.155. The number of hydrogen-bond acceptors (Lipinski definition) is 5. The van der Waals surface area contributed by atoms with Gasteiger partial charge in [0.1, 0.15) is 29.4 Å². The standard InChI is InChI=1S/C24H26N4O4/c1-4-22-26-27(15-23(29)25-14-16-9-11-17(12-10-16)32-5-2)24(30)20-13-18-19(28(20)22)7-6-8-21(18)31-3/h6-13H,4-5,14-15H2,1-3H3,(H,25,29). The lowest BCUT2D eigenvalue weighted by Gasteiger charge is -2.11. The lowest BCUT2D eigenvalue weighted by molar-refractivity contribution is -0.122. The van der Waals surface area contributed by atoms with Crippen LogP contribution in [0.3, 0.4) is 0 Å². The summed E-state index contributed by atoms with van der Waals surface area (Å²) < 4.78 is 13.9. The number of nitrogens with zero attached hydrogens (tertiary/aromatic N) is 3. The van der Waals surface area contributed by atoms with Gasteiger partial charge in [-0.1, -0.05) is 25.1 Å². The van der Waals surface area contributed by atoms with Crippen molar-refractivity contribution in [3.8, 4) is 11.5 Å². The number of aromatic nitrogens is 3. The first-order valence-corrected chi connectivity index (χ1v) is 10.6. The Morgan fingerprint density at radius 3 is 2.56 bits per heavy atom. The summed E-state index contributed by atoms with van der Waals surface area (Å²) in [6.07, 6.45) is 0.603. The highest BCUT2D eigenvalue weighted by atomic mass is 16.5. The summed E-state index contributed by atoms with van der Waals surface area (Å²) in [5.74, 6) is 1.89. The first-order chi connectivity index (χ1) is 15.5. The molecule has 0 spiro atoms. The molecule has 8 nitrogen and oxygen atoms in total. The van der Waals surface area contributed by atoms with Gasteiger partial charge < -0.3 is 14.8 Å². The van der Waals surface area contributed by atoms with Gasteiger partial charge in [0, 0.05) is 18.4 Å². The number of benzene rings is 2. The fourth-order valence-electron chi connectivity index (χ4n) is 3.78. The smallest absolute Gasteiger partial charge is 0.291 e. The molecule has 1 amide bonds. The Morgan fingerprint density at radius 1 is 1.09 bits per heavy atom. The highest BCUT2D eigenvalue weighted by Crippen LogP contribution is 2.28. The molecule has 166 valence electrons. The average molecular weight is 434 g/mol. The number of aryl methyl sites for hydroxylation is 1. The molecular weight excluding hydrogens is 408 g/mol. The highest BCUT2D eigenvalue weighted by molar-refractivity contribution is 5.92. The lowest BCUT2D eigenvalue weighted by atomic mass is 10.2. The molecule has 0 atom stereocenters. The molecule has 2 aromatic heterocycles. The van der Waals surface area contributed by atoms with Crippen LogP contribution in [0.5, 0.6) is 11.5 Å². The van der Waals surface area contributed by atoms with Gasteiger partial charge in [0.2, 0.25) is 5.91 Å². The van der Waals surface area contributed by atoms with Crippen molar-refractivity contribution < 1.29 is 14.3 Å². The van der Waals surface area contributed by atoms with E-state index >= 15 is 0 Å². The zero-order valence-electron chi connectivity index (χ0n) is 18.4. The Bertz CT molecular complexity index is 1320. The van der Waals surface area contributed by atoms with E-state index in [9.17, 15) is 9.59 Å². The Kier molecular flexibility index (Phi) is 6.11. The summed E-state index contributed by atoms with van der Waals surface area (Å²) in [5.41, 5.74) is 1.94. The van der Waals surface area contributed by atoms with Gasteiger partial charge in [-0.2, -0.15) is 5.10 Å². The van der Waals surface area contributed by atoms with Gasteiger partial charge in [-0.05, 0) is 42.8 Å². The van der Waals surface area contributed by atoms with E-state index in [4.69, 9.17) is 9.47 Å². The molecule has 0 aliphatic rings. The van der Waals surface area contributed by atoms with E-state index in [1.807, 2.05) is 60.7 Å². The third-order valence-corrected chi connectivity index (χ3v) is 5.31. The predicted octanol–water partition coefficient (Wildman–Crippen LogP) is 2.94. The first-order valence-electron chi connectivity index (χ1n) is 10.6. The second-order valence-electron chi connectivity index (χ2n) is 7.34. The molecule has 0 bridgehead atoms. The molecule has 2 aromatic carbocycles. The molecule has 0 saturated heterocycles. The van der Waals surface area contributed by atoms with Crippen LogP contribution in [-0.4, -0.2) is 33.8 Å². The van der Waals surface area contributed by atoms with Gasteiger partial charge >= 0.3 is 0 Å². The van der Waals surface area contributed by atoms with E-state index in [0.717, 1.165) is 22.2 Å². The van der Waals surface area contributed by atoms with Crippen LogP contribution in [0.2, 0.25) is 0 Å². The van der Waals surface area contributed by atoms with Crippen LogP contribution < -0.4 is 20.3 Å². The third-order valence-electron chi connectivity index (χ3n) is 5.31. The van der Waals surface area contributed by atoms with E-state index in [0.29, 0.717) is 36.7 Å². The molecule has 2 heterocycles. The van der Waals surface area contributed by atoms with E-state index in [1.54, 1.807) is 13.2 Å². The molecule has 4 rings (SSSR count). The summed E-state index contributed by atoms with van der Waals surface area (Å²) in [5, 5.41) is 8.16. The molecule has 0 aliphatic heterocycles. The lowest BCUT2D eigenvalue weighted by Crippen LogP contribution is -2.35. The maximum absolute atomic E-state index is 13.1. The number of hydrogen-bond donors (Lipinski definition) is 1. The van der Waals surface area contributed by atoms with E-state index < -0.39 is 0 Å². The summed E-state index contributed by atoms with van der Waals surface area (Å²) in [6.45, 7) is 4.70. The molecule has 0 radical (unpaired) electrons. The Morgan fingerprint density at radius 2 is 1.88 bits per heavy atom. The maximum atomic E-state index is 13.1. The summed E-state index contributed by atoms with van der Waals surface area (Å²) in [6, 6.07) is 15.0. The van der Waals surface area contributed by atoms with Crippen LogP contribution in [0.1, 0.15) is 25.2 Å². The molecule has 4 aromatic rings. The first kappa shape index (κ1) is 21.4. The van der Waals surface area contributed by atoms with Crippen molar-refractivity contribution in [2.75, 3.05) is 13.7 Å². The van der Waals surface area contributed by atoms with E-state index in [-0.39, 0.29) is 18.0 Å². The number of amides is 1. The van der Waals surface area contributed by atoms with Crippen LogP contribution in [0.25, 0.3) is 16.4 Å². The molecule has 0 aliphatic carbocycles. The van der Waals surface area contributed by atoms with E-state index in [2.05, 4.69) is 10.4 Å². The fourth-order valence-corrected chi connectivity index (χ4v) is 3.78. The number of rotatable bonds is 8. The fraction of sp³-hybridized carbons (Fsp3) is 0.292. The van der Waals surface area contributed by atoms with Crippen molar-refractivity contribution >= 4 is 22.3 Å². The monoisotopic (exact) mass is 434 g/mol. The Labute approximate surface area is 185 Å². The summed E-state index contributed by atoms with van der Waals surface area (Å²) in [4.78, 5) is 25.7. The number of fused-ring (bicyclic) bond motifs is 3. The van der Waals surface area contributed by atoms with Gasteiger partial charge in [0.25, 0.3) is 5.56 Å². The quantitative estimate of drug-likeness (QED) is 0.461. The average Bonchev–Trinajstić information content (AvgIpc) is 3.21. The number of ether oxygens (including phenoxy) is 2. The van der Waals surface area contributed by atoms with Crippen molar-refractivity contribution in [2.45, 2.75) is 33.4 Å². The van der Waals surface area contributed by atoms with Gasteiger partial charge in [0.05, 0.1) is 19.2 Å².